The maximum Gasteiger partial charge on any atom is 0.151 e. The Kier molecular flexibility index (Phi) is 4.28. The van der Waals surface area contributed by atoms with E-state index in [4.69, 9.17) is 16.3 Å². The van der Waals surface area contributed by atoms with Crippen LogP contribution < -0.4 is 4.74 Å². The van der Waals surface area contributed by atoms with E-state index in [9.17, 15) is 4.79 Å². The molecule has 0 fully saturated rings. The van der Waals surface area contributed by atoms with Gasteiger partial charge < -0.3 is 4.74 Å². The van der Waals surface area contributed by atoms with Crippen molar-refractivity contribution in [3.63, 3.8) is 0 Å². The maximum atomic E-state index is 11.0. The minimum Gasteiger partial charge on any atom is -0.497 e. The van der Waals surface area contributed by atoms with Crippen LogP contribution in [0.3, 0.4) is 0 Å². The minimum absolute atomic E-state index is 0.576. The third-order valence-electron chi connectivity index (χ3n) is 2.39. The maximum absolute atomic E-state index is 11.0. The Morgan fingerprint density at radius 1 is 1.22 bits per heavy atom. The molecule has 0 saturated heterocycles. The SMILES string of the molecule is COc1cccc(Sc2c(Cl)cccc2C=O)c1. The molecule has 92 valence electrons. The fraction of sp³-hybridized carbons (Fsp3) is 0.0714. The minimum atomic E-state index is 0.576. The van der Waals surface area contributed by atoms with Gasteiger partial charge in [0.1, 0.15) is 5.75 Å². The molecule has 2 nitrogen and oxygen atoms in total. The van der Waals surface area contributed by atoms with E-state index in [1.54, 1.807) is 25.3 Å². The van der Waals surface area contributed by atoms with E-state index in [-0.39, 0.29) is 0 Å². The molecular weight excluding hydrogens is 268 g/mol. The van der Waals surface area contributed by atoms with Crippen LogP contribution in [0.25, 0.3) is 0 Å². The average Bonchev–Trinajstić information content (AvgIpc) is 2.41. The molecule has 2 aromatic rings. The molecule has 0 saturated carbocycles. The molecule has 0 bridgehead atoms. The van der Waals surface area contributed by atoms with E-state index >= 15 is 0 Å². The summed E-state index contributed by atoms with van der Waals surface area (Å²) in [6.07, 6.45) is 0.814. The number of carbonyl (C=O) groups excluding carboxylic acids is 1. The van der Waals surface area contributed by atoms with Gasteiger partial charge in [0, 0.05) is 15.4 Å². The molecule has 18 heavy (non-hydrogen) atoms. The Morgan fingerprint density at radius 2 is 2.00 bits per heavy atom. The van der Waals surface area contributed by atoms with Crippen LogP contribution >= 0.6 is 23.4 Å². The van der Waals surface area contributed by atoms with Gasteiger partial charge in [0.05, 0.1) is 12.1 Å². The molecule has 0 aliphatic heterocycles. The van der Waals surface area contributed by atoms with Gasteiger partial charge in [0.15, 0.2) is 6.29 Å². The number of methoxy groups -OCH3 is 1. The molecule has 0 amide bonds. The van der Waals surface area contributed by atoms with Crippen molar-refractivity contribution in [1.29, 1.82) is 0 Å². The third kappa shape index (κ3) is 2.86. The molecule has 4 heteroatoms. The fourth-order valence-corrected chi connectivity index (χ4v) is 2.76. The molecular formula is C14H11ClO2S. The number of aldehydes is 1. The Labute approximate surface area is 115 Å². The molecule has 2 rings (SSSR count). The van der Waals surface area contributed by atoms with Crippen molar-refractivity contribution in [3.05, 3.63) is 53.1 Å². The summed E-state index contributed by atoms with van der Waals surface area (Å²) in [6, 6.07) is 12.9. The Balaban J connectivity index is 2.36. The van der Waals surface area contributed by atoms with Gasteiger partial charge in [-0.2, -0.15) is 0 Å². The lowest BCUT2D eigenvalue weighted by Gasteiger charge is -2.08. The van der Waals surface area contributed by atoms with Gasteiger partial charge in [-0.05, 0) is 24.3 Å². The number of rotatable bonds is 4. The summed E-state index contributed by atoms with van der Waals surface area (Å²) in [4.78, 5) is 12.7. The van der Waals surface area contributed by atoms with Gasteiger partial charge in [-0.25, -0.2) is 0 Å². The first-order chi connectivity index (χ1) is 8.74. The molecule has 2 aromatic carbocycles. The third-order valence-corrected chi connectivity index (χ3v) is 3.96. The summed E-state index contributed by atoms with van der Waals surface area (Å²) < 4.78 is 5.16. The zero-order valence-electron chi connectivity index (χ0n) is 9.72. The summed E-state index contributed by atoms with van der Waals surface area (Å²) in [7, 11) is 1.62. The summed E-state index contributed by atoms with van der Waals surface area (Å²) in [5.74, 6) is 0.778. The van der Waals surface area contributed by atoms with Gasteiger partial charge >= 0.3 is 0 Å². The topological polar surface area (TPSA) is 26.3 Å². The van der Waals surface area contributed by atoms with Crippen LogP contribution in [-0.4, -0.2) is 13.4 Å². The van der Waals surface area contributed by atoms with Crippen LogP contribution in [0.1, 0.15) is 10.4 Å². The van der Waals surface area contributed by atoms with E-state index in [2.05, 4.69) is 0 Å². The van der Waals surface area contributed by atoms with Gasteiger partial charge in [0.2, 0.25) is 0 Å². The second-order valence-corrected chi connectivity index (χ2v) is 5.05. The van der Waals surface area contributed by atoms with E-state index in [1.807, 2.05) is 24.3 Å². The Bertz CT molecular complexity index is 569. The lowest BCUT2D eigenvalue weighted by atomic mass is 10.2. The second-order valence-electron chi connectivity index (χ2n) is 3.56. The number of ether oxygens (including phenoxy) is 1. The highest BCUT2D eigenvalue weighted by atomic mass is 35.5. The van der Waals surface area contributed by atoms with Crippen molar-refractivity contribution in [2.75, 3.05) is 7.11 Å². The van der Waals surface area contributed by atoms with Crippen LogP contribution in [-0.2, 0) is 0 Å². The highest BCUT2D eigenvalue weighted by molar-refractivity contribution is 7.99. The number of carbonyl (C=O) groups is 1. The number of benzene rings is 2. The van der Waals surface area contributed by atoms with E-state index in [1.165, 1.54) is 11.8 Å². The number of halogens is 1. The van der Waals surface area contributed by atoms with Gasteiger partial charge in [0.25, 0.3) is 0 Å². The molecule has 0 aromatic heterocycles. The first kappa shape index (κ1) is 13.0. The summed E-state index contributed by atoms with van der Waals surface area (Å²) in [5, 5.41) is 0.576. The molecule has 0 radical (unpaired) electrons. The normalized spacial score (nSPS) is 10.1. The number of hydrogen-bond donors (Lipinski definition) is 0. The van der Waals surface area contributed by atoms with E-state index < -0.39 is 0 Å². The average molecular weight is 279 g/mol. The zero-order chi connectivity index (χ0) is 13.0. The van der Waals surface area contributed by atoms with Crippen molar-refractivity contribution >= 4 is 29.6 Å². The van der Waals surface area contributed by atoms with Crippen LogP contribution in [0.2, 0.25) is 5.02 Å². The van der Waals surface area contributed by atoms with Crippen molar-refractivity contribution in [1.82, 2.24) is 0 Å². The van der Waals surface area contributed by atoms with Crippen molar-refractivity contribution in [2.24, 2.45) is 0 Å². The van der Waals surface area contributed by atoms with Crippen molar-refractivity contribution < 1.29 is 9.53 Å². The Hall–Kier alpha value is -1.45. The molecule has 0 atom stereocenters. The van der Waals surface area contributed by atoms with Crippen LogP contribution in [0.5, 0.6) is 5.75 Å². The van der Waals surface area contributed by atoms with Crippen LogP contribution in [0.4, 0.5) is 0 Å². The first-order valence-corrected chi connectivity index (χ1v) is 6.49. The fourth-order valence-electron chi connectivity index (χ4n) is 1.51. The summed E-state index contributed by atoms with van der Waals surface area (Å²) in [5.41, 5.74) is 0.593. The standard InChI is InChI=1S/C14H11ClO2S/c1-17-11-5-3-6-12(8-11)18-14-10(9-16)4-2-7-13(14)15/h2-9H,1H3. The largest absolute Gasteiger partial charge is 0.497 e. The Morgan fingerprint density at radius 3 is 2.72 bits per heavy atom. The monoisotopic (exact) mass is 278 g/mol. The van der Waals surface area contributed by atoms with Crippen LogP contribution in [0.15, 0.2) is 52.3 Å². The molecule has 0 spiro atoms. The molecule has 0 aliphatic rings. The molecule has 0 aliphatic carbocycles. The van der Waals surface area contributed by atoms with Crippen LogP contribution in [0, 0.1) is 0 Å². The highest BCUT2D eigenvalue weighted by Crippen LogP contribution is 2.36. The predicted molar refractivity (Wildman–Crippen MR) is 74.0 cm³/mol. The number of hydrogen-bond acceptors (Lipinski definition) is 3. The van der Waals surface area contributed by atoms with Crippen molar-refractivity contribution in [2.45, 2.75) is 9.79 Å². The lowest BCUT2D eigenvalue weighted by molar-refractivity contribution is 0.112. The highest BCUT2D eigenvalue weighted by Gasteiger charge is 2.08. The predicted octanol–water partition coefficient (Wildman–Crippen LogP) is 4.31. The summed E-state index contributed by atoms with van der Waals surface area (Å²) in [6.45, 7) is 0. The van der Waals surface area contributed by atoms with E-state index in [0.717, 1.165) is 21.8 Å². The zero-order valence-corrected chi connectivity index (χ0v) is 11.3. The summed E-state index contributed by atoms with van der Waals surface area (Å²) >= 11 is 7.57. The van der Waals surface area contributed by atoms with Gasteiger partial charge in [-0.3, -0.25) is 4.79 Å². The second kappa shape index (κ2) is 5.94. The molecule has 0 unspecified atom stereocenters. The molecule has 0 N–H and O–H groups in total. The van der Waals surface area contributed by atoms with Gasteiger partial charge in [-0.15, -0.1) is 0 Å². The lowest BCUT2D eigenvalue weighted by Crippen LogP contribution is -1.87. The van der Waals surface area contributed by atoms with Crippen molar-refractivity contribution in [3.8, 4) is 5.75 Å². The van der Waals surface area contributed by atoms with Gasteiger partial charge in [-0.1, -0.05) is 41.6 Å². The van der Waals surface area contributed by atoms with E-state index in [0.29, 0.717) is 10.6 Å². The first-order valence-electron chi connectivity index (χ1n) is 5.30. The molecule has 0 heterocycles. The smallest absolute Gasteiger partial charge is 0.151 e. The quantitative estimate of drug-likeness (QED) is 0.780.